The third-order valence-electron chi connectivity index (χ3n) is 3.06. The number of nitro groups is 1. The minimum Gasteiger partial charge on any atom is -0.345 e. The monoisotopic (exact) mass is 288 g/mol. The van der Waals surface area contributed by atoms with Crippen LogP contribution < -0.4 is 5.32 Å². The first-order chi connectivity index (χ1) is 9.99. The number of nitrogens with zero attached hydrogens (tertiary/aromatic N) is 1. The van der Waals surface area contributed by atoms with Gasteiger partial charge in [-0.15, -0.1) is 0 Å². The van der Waals surface area contributed by atoms with Crippen LogP contribution in [0.15, 0.2) is 48.5 Å². The molecule has 5 nitrogen and oxygen atoms in total. The van der Waals surface area contributed by atoms with E-state index in [1.165, 1.54) is 30.3 Å². The van der Waals surface area contributed by atoms with Crippen molar-refractivity contribution in [3.05, 3.63) is 75.6 Å². The van der Waals surface area contributed by atoms with Crippen molar-refractivity contribution in [2.45, 2.75) is 13.0 Å². The molecule has 6 heteroatoms. The molecule has 0 aromatic heterocycles. The Kier molecular flexibility index (Phi) is 4.27. The number of halogens is 1. The highest BCUT2D eigenvalue weighted by Gasteiger charge is 2.20. The molecule has 0 unspecified atom stereocenters. The lowest BCUT2D eigenvalue weighted by Gasteiger charge is -2.14. The van der Waals surface area contributed by atoms with Crippen molar-refractivity contribution < 1.29 is 14.1 Å². The lowest BCUT2D eigenvalue weighted by molar-refractivity contribution is -0.385. The summed E-state index contributed by atoms with van der Waals surface area (Å²) in [7, 11) is 0. The Balaban J connectivity index is 2.18. The summed E-state index contributed by atoms with van der Waals surface area (Å²) in [5, 5.41) is 13.6. The standard InChI is InChI=1S/C15H13FN2O3/c1-10(11-6-8-12(16)9-7-11)17-15(19)13-4-2-3-5-14(13)18(20)21/h2-10H,1H3,(H,17,19)/t10-/m1/s1. The molecule has 2 aromatic carbocycles. The zero-order valence-electron chi connectivity index (χ0n) is 11.2. The van der Waals surface area contributed by atoms with E-state index in [0.29, 0.717) is 5.56 Å². The van der Waals surface area contributed by atoms with Crippen LogP contribution in [0.1, 0.15) is 28.9 Å². The highest BCUT2D eigenvalue weighted by atomic mass is 19.1. The Morgan fingerprint density at radius 1 is 1.19 bits per heavy atom. The van der Waals surface area contributed by atoms with Crippen LogP contribution in [-0.2, 0) is 0 Å². The van der Waals surface area contributed by atoms with E-state index in [1.54, 1.807) is 25.1 Å². The fourth-order valence-corrected chi connectivity index (χ4v) is 1.93. The molecule has 2 rings (SSSR count). The van der Waals surface area contributed by atoms with E-state index >= 15 is 0 Å². The normalized spacial score (nSPS) is 11.7. The second-order valence-electron chi connectivity index (χ2n) is 4.52. The van der Waals surface area contributed by atoms with Gasteiger partial charge >= 0.3 is 0 Å². The predicted molar refractivity (Wildman–Crippen MR) is 75.4 cm³/mol. The van der Waals surface area contributed by atoms with Crippen LogP contribution in [0.25, 0.3) is 0 Å². The Labute approximate surface area is 120 Å². The zero-order chi connectivity index (χ0) is 15.4. The van der Waals surface area contributed by atoms with Crippen molar-refractivity contribution in [2.75, 3.05) is 0 Å². The van der Waals surface area contributed by atoms with Crippen LogP contribution in [0, 0.1) is 15.9 Å². The molecule has 21 heavy (non-hydrogen) atoms. The number of amides is 1. The van der Waals surface area contributed by atoms with Gasteiger partial charge in [-0.2, -0.15) is 0 Å². The molecular weight excluding hydrogens is 275 g/mol. The van der Waals surface area contributed by atoms with Crippen LogP contribution in [0.2, 0.25) is 0 Å². The molecule has 0 saturated carbocycles. The van der Waals surface area contributed by atoms with Crippen molar-refractivity contribution in [3.63, 3.8) is 0 Å². The van der Waals surface area contributed by atoms with Gasteiger partial charge in [-0.05, 0) is 30.7 Å². The van der Waals surface area contributed by atoms with Gasteiger partial charge in [0.2, 0.25) is 0 Å². The average molecular weight is 288 g/mol. The predicted octanol–water partition coefficient (Wildman–Crippen LogP) is 3.22. The van der Waals surface area contributed by atoms with Gasteiger partial charge in [0.05, 0.1) is 11.0 Å². The van der Waals surface area contributed by atoms with Gasteiger partial charge in [0, 0.05) is 6.07 Å². The quantitative estimate of drug-likeness (QED) is 0.693. The van der Waals surface area contributed by atoms with Crippen molar-refractivity contribution in [2.24, 2.45) is 0 Å². The summed E-state index contributed by atoms with van der Waals surface area (Å²) < 4.78 is 12.9. The van der Waals surface area contributed by atoms with E-state index in [9.17, 15) is 19.3 Å². The van der Waals surface area contributed by atoms with Gasteiger partial charge in [0.1, 0.15) is 11.4 Å². The number of nitro benzene ring substituents is 1. The molecule has 0 aliphatic rings. The molecule has 0 aliphatic heterocycles. The van der Waals surface area contributed by atoms with Gasteiger partial charge in [0.25, 0.3) is 11.6 Å². The Morgan fingerprint density at radius 3 is 2.43 bits per heavy atom. The summed E-state index contributed by atoms with van der Waals surface area (Å²) in [6, 6.07) is 11.0. The Morgan fingerprint density at radius 2 is 1.81 bits per heavy atom. The Bertz CT molecular complexity index is 671. The molecule has 0 spiro atoms. The number of hydrogen-bond donors (Lipinski definition) is 1. The lowest BCUT2D eigenvalue weighted by Crippen LogP contribution is -2.27. The van der Waals surface area contributed by atoms with Gasteiger partial charge in [0.15, 0.2) is 0 Å². The molecule has 1 N–H and O–H groups in total. The number of para-hydroxylation sites is 1. The first kappa shape index (κ1) is 14.6. The fourth-order valence-electron chi connectivity index (χ4n) is 1.93. The van der Waals surface area contributed by atoms with E-state index in [2.05, 4.69) is 5.32 Å². The number of rotatable bonds is 4. The largest absolute Gasteiger partial charge is 0.345 e. The van der Waals surface area contributed by atoms with Crippen molar-refractivity contribution in [3.8, 4) is 0 Å². The SMILES string of the molecule is C[C@@H](NC(=O)c1ccccc1[N+](=O)[O-])c1ccc(F)cc1. The number of hydrogen-bond acceptors (Lipinski definition) is 3. The molecule has 2 aromatic rings. The van der Waals surface area contributed by atoms with E-state index in [0.717, 1.165) is 0 Å². The smallest absolute Gasteiger partial charge is 0.282 e. The van der Waals surface area contributed by atoms with Crippen LogP contribution >= 0.6 is 0 Å². The highest BCUT2D eigenvalue weighted by Crippen LogP contribution is 2.19. The molecular formula is C15H13FN2O3. The maximum atomic E-state index is 12.9. The molecule has 108 valence electrons. The second kappa shape index (κ2) is 6.13. The average Bonchev–Trinajstić information content (AvgIpc) is 2.47. The van der Waals surface area contributed by atoms with Gasteiger partial charge in [-0.1, -0.05) is 24.3 Å². The van der Waals surface area contributed by atoms with Gasteiger partial charge in [-0.3, -0.25) is 14.9 Å². The van der Waals surface area contributed by atoms with Crippen LogP contribution in [-0.4, -0.2) is 10.8 Å². The van der Waals surface area contributed by atoms with Crippen LogP contribution in [0.3, 0.4) is 0 Å². The molecule has 0 bridgehead atoms. The third-order valence-corrected chi connectivity index (χ3v) is 3.06. The Hall–Kier alpha value is -2.76. The van der Waals surface area contributed by atoms with E-state index < -0.39 is 16.9 Å². The van der Waals surface area contributed by atoms with E-state index in [-0.39, 0.29) is 17.1 Å². The van der Waals surface area contributed by atoms with Crippen molar-refractivity contribution in [1.82, 2.24) is 5.32 Å². The van der Waals surface area contributed by atoms with E-state index in [4.69, 9.17) is 0 Å². The molecule has 0 fully saturated rings. The summed E-state index contributed by atoms with van der Waals surface area (Å²) >= 11 is 0. The van der Waals surface area contributed by atoms with Gasteiger partial charge < -0.3 is 5.32 Å². The summed E-state index contributed by atoms with van der Waals surface area (Å²) in [4.78, 5) is 22.4. The third kappa shape index (κ3) is 3.42. The molecule has 0 heterocycles. The van der Waals surface area contributed by atoms with Crippen molar-refractivity contribution >= 4 is 11.6 Å². The highest BCUT2D eigenvalue weighted by molar-refractivity contribution is 5.98. The first-order valence-corrected chi connectivity index (χ1v) is 6.29. The second-order valence-corrected chi connectivity index (χ2v) is 4.52. The van der Waals surface area contributed by atoms with Gasteiger partial charge in [-0.25, -0.2) is 4.39 Å². The minimum absolute atomic E-state index is 0.00328. The van der Waals surface area contributed by atoms with E-state index in [1.807, 2.05) is 0 Å². The van der Waals surface area contributed by atoms with Crippen LogP contribution in [0.5, 0.6) is 0 Å². The summed E-state index contributed by atoms with van der Waals surface area (Å²) in [6.07, 6.45) is 0. The van der Waals surface area contributed by atoms with Crippen molar-refractivity contribution in [1.29, 1.82) is 0 Å². The first-order valence-electron chi connectivity index (χ1n) is 6.29. The minimum atomic E-state index is -0.600. The number of benzene rings is 2. The number of carbonyl (C=O) groups excluding carboxylic acids is 1. The number of nitrogens with one attached hydrogen (secondary N) is 1. The maximum Gasteiger partial charge on any atom is 0.282 e. The summed E-state index contributed by atoms with van der Waals surface area (Å²) in [6.45, 7) is 1.72. The topological polar surface area (TPSA) is 72.2 Å². The summed E-state index contributed by atoms with van der Waals surface area (Å²) in [5.74, 6) is -0.907. The molecule has 0 radical (unpaired) electrons. The number of carbonyl (C=O) groups is 1. The van der Waals surface area contributed by atoms with Crippen LogP contribution in [0.4, 0.5) is 10.1 Å². The zero-order valence-corrected chi connectivity index (χ0v) is 11.2. The lowest BCUT2D eigenvalue weighted by atomic mass is 10.1. The summed E-state index contributed by atoms with van der Waals surface area (Å²) in [5.41, 5.74) is 0.459. The molecule has 1 amide bonds. The molecule has 0 aliphatic carbocycles. The molecule has 1 atom stereocenters. The maximum absolute atomic E-state index is 12.9. The molecule has 0 saturated heterocycles. The fraction of sp³-hybridized carbons (Fsp3) is 0.133.